The first-order valence-electron chi connectivity index (χ1n) is 9.80. The summed E-state index contributed by atoms with van der Waals surface area (Å²) in [5.41, 5.74) is -1.90. The van der Waals surface area contributed by atoms with Gasteiger partial charge in [-0.05, 0) is 36.4 Å². The van der Waals surface area contributed by atoms with Crippen LogP contribution in [0.2, 0.25) is 10.0 Å². The molecule has 1 aromatic heterocycles. The van der Waals surface area contributed by atoms with Crippen LogP contribution >= 0.6 is 23.2 Å². The van der Waals surface area contributed by atoms with Crippen LogP contribution in [0.15, 0.2) is 64.5 Å². The van der Waals surface area contributed by atoms with Crippen molar-refractivity contribution in [2.75, 3.05) is 24.4 Å². The van der Waals surface area contributed by atoms with Crippen molar-refractivity contribution in [3.63, 3.8) is 0 Å². The monoisotopic (exact) mass is 580 g/mol. The highest BCUT2D eigenvalue weighted by Gasteiger charge is 2.35. The Morgan fingerprint density at radius 1 is 1.14 bits per heavy atom. The molecule has 14 heteroatoms. The number of anilines is 1. The first-order valence-corrected chi connectivity index (χ1v) is 13.6. The molecule has 0 aliphatic carbocycles. The van der Waals surface area contributed by atoms with Gasteiger partial charge in [0.2, 0.25) is 5.78 Å². The Labute approximate surface area is 217 Å². The van der Waals surface area contributed by atoms with Crippen molar-refractivity contribution in [1.82, 2.24) is 4.98 Å². The number of ketones is 1. The van der Waals surface area contributed by atoms with Gasteiger partial charge < -0.3 is 4.74 Å². The molecule has 0 saturated heterocycles. The minimum atomic E-state index is -4.81. The van der Waals surface area contributed by atoms with E-state index in [1.165, 1.54) is 37.4 Å². The summed E-state index contributed by atoms with van der Waals surface area (Å²) in [4.78, 5) is 16.9. The van der Waals surface area contributed by atoms with Crippen molar-refractivity contribution in [3.8, 4) is 0 Å². The van der Waals surface area contributed by atoms with E-state index in [1.54, 1.807) is 0 Å². The fraction of sp³-hybridized carbons (Fsp3) is 0.182. The van der Waals surface area contributed by atoms with E-state index < -0.39 is 50.1 Å². The first-order chi connectivity index (χ1) is 16.8. The summed E-state index contributed by atoms with van der Waals surface area (Å²) in [6.07, 6.45) is -2.75. The lowest BCUT2D eigenvalue weighted by atomic mass is 10.1. The normalized spacial score (nSPS) is 12.9. The highest BCUT2D eigenvalue weighted by atomic mass is 35.5. The van der Waals surface area contributed by atoms with Gasteiger partial charge in [-0.2, -0.15) is 13.2 Å². The molecule has 36 heavy (non-hydrogen) atoms. The van der Waals surface area contributed by atoms with Crippen molar-refractivity contribution in [3.05, 3.63) is 81.6 Å². The Balaban J connectivity index is 2.18. The van der Waals surface area contributed by atoms with Crippen LogP contribution < -0.4 is 4.31 Å². The molecule has 0 saturated carbocycles. The highest BCUT2D eigenvalue weighted by molar-refractivity contribution is 7.90. The van der Waals surface area contributed by atoms with Crippen LogP contribution in [0.4, 0.5) is 18.9 Å². The van der Waals surface area contributed by atoms with Crippen molar-refractivity contribution < 1.29 is 35.3 Å². The molecule has 0 spiro atoms. The van der Waals surface area contributed by atoms with Gasteiger partial charge in [0.05, 0.1) is 31.1 Å². The number of hydrogen-bond donors (Lipinski definition) is 0. The smallest absolute Gasteiger partial charge is 0.363 e. The molecule has 3 aromatic rings. The molecule has 1 unspecified atom stereocenters. The third-order valence-electron chi connectivity index (χ3n) is 4.74. The molecule has 7 nitrogen and oxygen atoms in total. The van der Waals surface area contributed by atoms with Crippen LogP contribution in [0.3, 0.4) is 0 Å². The third kappa shape index (κ3) is 6.06. The van der Waals surface area contributed by atoms with Gasteiger partial charge in [0.1, 0.15) is 12.4 Å². The number of pyridine rings is 1. The van der Waals surface area contributed by atoms with Gasteiger partial charge in [0.15, 0.2) is 20.8 Å². The van der Waals surface area contributed by atoms with Crippen LogP contribution in [0.25, 0.3) is 0 Å². The van der Waals surface area contributed by atoms with Crippen molar-refractivity contribution >= 4 is 55.5 Å². The van der Waals surface area contributed by atoms with E-state index in [2.05, 4.69) is 4.98 Å². The molecular formula is C22H17Cl2F3N2O5S2. The second-order valence-electron chi connectivity index (χ2n) is 7.30. The summed E-state index contributed by atoms with van der Waals surface area (Å²) in [5, 5.41) is -0.567. The van der Waals surface area contributed by atoms with Gasteiger partial charge in [0.25, 0.3) is 0 Å². The number of hydrogen-bond acceptors (Lipinski definition) is 6. The number of nitrogens with zero attached hydrogens (tertiary/aromatic N) is 2. The molecule has 3 rings (SSSR count). The lowest BCUT2D eigenvalue weighted by Gasteiger charge is -2.25. The molecule has 1 atom stereocenters. The fourth-order valence-electron chi connectivity index (χ4n) is 3.18. The van der Waals surface area contributed by atoms with Crippen molar-refractivity contribution in [1.29, 1.82) is 0 Å². The van der Waals surface area contributed by atoms with Crippen LogP contribution in [0.1, 0.15) is 21.6 Å². The summed E-state index contributed by atoms with van der Waals surface area (Å²) in [6, 6.07) is 9.36. The zero-order chi connectivity index (χ0) is 26.8. The van der Waals surface area contributed by atoms with Gasteiger partial charge in [-0.15, -0.1) is 0 Å². The fourth-order valence-corrected chi connectivity index (χ4v) is 5.62. The van der Waals surface area contributed by atoms with Crippen molar-refractivity contribution in [2.45, 2.75) is 16.0 Å². The number of alkyl halides is 3. The van der Waals surface area contributed by atoms with Gasteiger partial charge in [-0.25, -0.2) is 17.6 Å². The molecule has 0 bridgehead atoms. The number of carbonyl (C=O) groups excluding carboxylic acids is 1. The number of ether oxygens (including phenoxy) is 1. The predicted octanol–water partition coefficient (Wildman–Crippen LogP) is 5.17. The second kappa shape index (κ2) is 10.9. The summed E-state index contributed by atoms with van der Waals surface area (Å²) in [6.45, 7) is -0.452. The van der Waals surface area contributed by atoms with Crippen LogP contribution in [-0.2, 0) is 31.7 Å². The van der Waals surface area contributed by atoms with E-state index in [0.717, 1.165) is 28.9 Å². The van der Waals surface area contributed by atoms with Gasteiger partial charge in [0, 0.05) is 25.1 Å². The van der Waals surface area contributed by atoms with Crippen LogP contribution in [-0.4, -0.2) is 43.5 Å². The maximum Gasteiger partial charge on any atom is 0.417 e. The number of rotatable bonds is 8. The zero-order valence-electron chi connectivity index (χ0n) is 18.5. The number of carbonyl (C=O) groups is 1. The Hall–Kier alpha value is -2.51. The number of benzene rings is 2. The Bertz CT molecular complexity index is 1450. The predicted molar refractivity (Wildman–Crippen MR) is 129 cm³/mol. The molecule has 0 aliphatic heterocycles. The minimum Gasteiger partial charge on any atom is -0.363 e. The van der Waals surface area contributed by atoms with Gasteiger partial charge in [-0.3, -0.25) is 9.10 Å². The second-order valence-corrected chi connectivity index (χ2v) is 11.5. The third-order valence-corrected chi connectivity index (χ3v) is 7.79. The number of aromatic nitrogens is 1. The number of halogens is 5. The average Bonchev–Trinajstić information content (AvgIpc) is 2.80. The van der Waals surface area contributed by atoms with E-state index in [-0.39, 0.29) is 31.8 Å². The van der Waals surface area contributed by atoms with Gasteiger partial charge >= 0.3 is 6.18 Å². The quantitative estimate of drug-likeness (QED) is 0.269. The van der Waals surface area contributed by atoms with Crippen LogP contribution in [0, 0.1) is 0 Å². The average molecular weight is 581 g/mol. The van der Waals surface area contributed by atoms with Crippen molar-refractivity contribution in [2.24, 2.45) is 0 Å². The largest absolute Gasteiger partial charge is 0.417 e. The summed E-state index contributed by atoms with van der Waals surface area (Å²) >= 11 is 11.7. The molecule has 0 aliphatic rings. The topological polar surface area (TPSA) is 93.6 Å². The van der Waals surface area contributed by atoms with Gasteiger partial charge in [-0.1, -0.05) is 35.3 Å². The minimum absolute atomic E-state index is 0.0168. The maximum absolute atomic E-state index is 13.4. The summed E-state index contributed by atoms with van der Waals surface area (Å²) < 4.78 is 84.0. The highest BCUT2D eigenvalue weighted by Crippen LogP contribution is 2.37. The first kappa shape index (κ1) is 28.1. The molecule has 192 valence electrons. The summed E-state index contributed by atoms with van der Waals surface area (Å²) in [5.74, 6) is -0.840. The maximum atomic E-state index is 13.4. The molecule has 1 heterocycles. The Morgan fingerprint density at radius 3 is 2.42 bits per heavy atom. The SMILES string of the molecule is COCN(c1cc(Cl)cnc1C(=O)c1ccccc1S(C)(=O)=O)S(=O)c1ccc(Cl)c(C(F)(F)F)c1. The molecule has 0 fully saturated rings. The van der Waals surface area contributed by atoms with Crippen LogP contribution in [0.5, 0.6) is 0 Å². The Morgan fingerprint density at radius 2 is 1.81 bits per heavy atom. The Kier molecular flexibility index (Phi) is 8.46. The molecular weight excluding hydrogens is 564 g/mol. The lowest BCUT2D eigenvalue weighted by molar-refractivity contribution is -0.137. The van der Waals surface area contributed by atoms with E-state index in [9.17, 15) is 30.6 Å². The summed E-state index contributed by atoms with van der Waals surface area (Å²) in [7, 11) is -4.93. The standard InChI is InChI=1S/C22H17Cl2F3N2O5S2/c1-34-12-29(35(31)14-7-8-17(24)16(10-14)22(25,26)27)18-9-13(23)11-28-20(18)21(30)15-5-3-4-6-19(15)36(2,32)33/h3-11H,12H2,1-2H3. The molecule has 0 radical (unpaired) electrons. The number of methoxy groups -OCH3 is 1. The van der Waals surface area contributed by atoms with E-state index in [4.69, 9.17) is 27.9 Å². The zero-order valence-corrected chi connectivity index (χ0v) is 21.7. The van der Waals surface area contributed by atoms with E-state index in [1.807, 2.05) is 0 Å². The number of sulfone groups is 1. The molecule has 0 N–H and O–H groups in total. The molecule has 0 amide bonds. The van der Waals surface area contributed by atoms with E-state index >= 15 is 0 Å². The lowest BCUT2D eigenvalue weighted by Crippen LogP contribution is -2.30. The van der Waals surface area contributed by atoms with E-state index in [0.29, 0.717) is 6.07 Å². The molecule has 2 aromatic carbocycles.